The van der Waals surface area contributed by atoms with Crippen LogP contribution in [-0.4, -0.2) is 29.8 Å². The van der Waals surface area contributed by atoms with Crippen molar-refractivity contribution < 1.29 is 4.74 Å². The molecule has 0 radical (unpaired) electrons. The zero-order valence-electron chi connectivity index (χ0n) is 7.74. The second kappa shape index (κ2) is 3.41. The van der Waals surface area contributed by atoms with Crippen LogP contribution in [0, 0.1) is 0 Å². The monoisotopic (exact) mass is 165 g/mol. The summed E-state index contributed by atoms with van der Waals surface area (Å²) < 4.78 is 6.29. The average Bonchev–Trinajstić information content (AvgIpc) is 2.17. The molecule has 0 aliphatic carbocycles. The van der Waals surface area contributed by atoms with E-state index >= 15 is 0 Å². The molecule has 0 spiro atoms. The topological polar surface area (TPSA) is 22.1 Å². The SMILES string of the molecule is [Li][c]1ccc2nc(OC)ccc2c1. The molecule has 0 atom stereocenters. The van der Waals surface area contributed by atoms with Crippen LogP contribution < -0.4 is 8.97 Å². The fourth-order valence-electron chi connectivity index (χ4n) is 1.34. The van der Waals surface area contributed by atoms with Crippen molar-refractivity contribution >= 4 is 32.9 Å². The van der Waals surface area contributed by atoms with E-state index in [0.29, 0.717) is 5.88 Å². The third kappa shape index (κ3) is 1.69. The number of ether oxygens (including phenoxy) is 1. The van der Waals surface area contributed by atoms with Gasteiger partial charge in [0.15, 0.2) is 0 Å². The summed E-state index contributed by atoms with van der Waals surface area (Å²) in [6, 6.07) is 10.1. The first-order valence-electron chi connectivity index (χ1n) is 4.21. The average molecular weight is 165 g/mol. The van der Waals surface area contributed by atoms with E-state index in [2.05, 4.69) is 34.8 Å². The molecule has 0 saturated heterocycles. The van der Waals surface area contributed by atoms with Gasteiger partial charge in [-0.2, -0.15) is 0 Å². The third-order valence-corrected chi connectivity index (χ3v) is 2.03. The van der Waals surface area contributed by atoms with E-state index in [1.165, 1.54) is 4.24 Å². The quantitative estimate of drug-likeness (QED) is 0.589. The molecule has 1 aromatic carbocycles. The van der Waals surface area contributed by atoms with E-state index in [1.54, 1.807) is 7.11 Å². The molecule has 0 fully saturated rings. The Morgan fingerprint density at radius 3 is 2.85 bits per heavy atom. The predicted octanol–water partition coefficient (Wildman–Crippen LogP) is 1.04. The molecular weight excluding hydrogens is 157 g/mol. The molecule has 0 amide bonds. The molecule has 13 heavy (non-hydrogen) atoms. The van der Waals surface area contributed by atoms with Crippen LogP contribution in [0.1, 0.15) is 0 Å². The Hall–Kier alpha value is -0.973. The Bertz CT molecular complexity index is 442. The van der Waals surface area contributed by atoms with Gasteiger partial charge < -0.3 is 0 Å². The van der Waals surface area contributed by atoms with Crippen LogP contribution in [0.3, 0.4) is 0 Å². The first kappa shape index (κ1) is 8.62. The zero-order valence-corrected chi connectivity index (χ0v) is 7.74. The summed E-state index contributed by atoms with van der Waals surface area (Å²) >= 11 is 2.07. The molecule has 0 unspecified atom stereocenters. The standard InChI is InChI=1S/C10H8NO.Li/c1-12-10-7-6-8-4-2-3-5-9(8)11-10;/h3-7H,1H3;. The van der Waals surface area contributed by atoms with Crippen molar-refractivity contribution in [2.45, 2.75) is 0 Å². The van der Waals surface area contributed by atoms with Crippen molar-refractivity contribution in [2.24, 2.45) is 0 Å². The molecular formula is C10H8LiNO. The van der Waals surface area contributed by atoms with Crippen LogP contribution in [0.2, 0.25) is 0 Å². The molecule has 60 valence electrons. The number of hydrogen-bond donors (Lipinski definition) is 0. The van der Waals surface area contributed by atoms with Crippen molar-refractivity contribution in [3.8, 4) is 5.88 Å². The molecule has 2 nitrogen and oxygen atoms in total. The number of nitrogens with zero attached hydrogens (tertiary/aromatic N) is 1. The van der Waals surface area contributed by atoms with Gasteiger partial charge in [-0.1, -0.05) is 0 Å². The van der Waals surface area contributed by atoms with Gasteiger partial charge in [-0.15, -0.1) is 0 Å². The number of rotatable bonds is 1. The zero-order chi connectivity index (χ0) is 9.26. The molecule has 0 N–H and O–H groups in total. The Labute approximate surface area is 86.1 Å². The van der Waals surface area contributed by atoms with Crippen LogP contribution >= 0.6 is 0 Å². The van der Waals surface area contributed by atoms with Gasteiger partial charge in [0.1, 0.15) is 0 Å². The van der Waals surface area contributed by atoms with Crippen molar-refractivity contribution in [3.05, 3.63) is 30.3 Å². The summed E-state index contributed by atoms with van der Waals surface area (Å²) in [5.74, 6) is 0.663. The van der Waals surface area contributed by atoms with Gasteiger partial charge in [0.05, 0.1) is 0 Å². The summed E-state index contributed by atoms with van der Waals surface area (Å²) in [5, 5.41) is 1.15. The number of aromatic nitrogens is 1. The van der Waals surface area contributed by atoms with Gasteiger partial charge >= 0.3 is 85.9 Å². The molecule has 1 aromatic heterocycles. The second-order valence-corrected chi connectivity index (χ2v) is 3.05. The first-order valence-corrected chi connectivity index (χ1v) is 4.21. The fourth-order valence-corrected chi connectivity index (χ4v) is 1.34. The first-order chi connectivity index (χ1) is 6.29. The second-order valence-electron chi connectivity index (χ2n) is 3.05. The van der Waals surface area contributed by atoms with Crippen molar-refractivity contribution in [1.29, 1.82) is 0 Å². The summed E-state index contributed by atoms with van der Waals surface area (Å²) in [5.41, 5.74) is 0.977. The van der Waals surface area contributed by atoms with E-state index in [4.69, 9.17) is 4.74 Å². The molecule has 1 heterocycles. The fraction of sp³-hybridized carbons (Fsp3) is 0.100. The van der Waals surface area contributed by atoms with Gasteiger partial charge in [-0.25, -0.2) is 0 Å². The van der Waals surface area contributed by atoms with Crippen molar-refractivity contribution in [2.75, 3.05) is 7.11 Å². The summed E-state index contributed by atoms with van der Waals surface area (Å²) in [7, 11) is 1.63. The number of benzene rings is 1. The van der Waals surface area contributed by atoms with E-state index in [9.17, 15) is 0 Å². The van der Waals surface area contributed by atoms with E-state index < -0.39 is 0 Å². The van der Waals surface area contributed by atoms with E-state index in [0.717, 1.165) is 10.9 Å². The van der Waals surface area contributed by atoms with Crippen LogP contribution in [0.4, 0.5) is 0 Å². The Morgan fingerprint density at radius 1 is 1.23 bits per heavy atom. The molecule has 0 aliphatic heterocycles. The van der Waals surface area contributed by atoms with E-state index in [-0.39, 0.29) is 0 Å². The molecule has 0 bridgehead atoms. The Morgan fingerprint density at radius 2 is 2.08 bits per heavy atom. The van der Waals surface area contributed by atoms with Crippen LogP contribution in [0.15, 0.2) is 30.3 Å². The van der Waals surface area contributed by atoms with E-state index in [1.807, 2.05) is 18.2 Å². The van der Waals surface area contributed by atoms with Crippen LogP contribution in [0.5, 0.6) is 5.88 Å². The number of pyridine rings is 1. The van der Waals surface area contributed by atoms with Gasteiger partial charge in [0.2, 0.25) is 0 Å². The number of hydrogen-bond acceptors (Lipinski definition) is 2. The summed E-state index contributed by atoms with van der Waals surface area (Å²) in [4.78, 5) is 4.31. The Kier molecular flexibility index (Phi) is 2.26. The number of fused-ring (bicyclic) bond motifs is 1. The minimum absolute atomic E-state index is 0.663. The van der Waals surface area contributed by atoms with Gasteiger partial charge in [0, 0.05) is 0 Å². The van der Waals surface area contributed by atoms with Gasteiger partial charge in [-0.3, -0.25) is 0 Å². The Balaban J connectivity index is 2.66. The van der Waals surface area contributed by atoms with Gasteiger partial charge in [0.25, 0.3) is 0 Å². The predicted molar refractivity (Wildman–Crippen MR) is 53.7 cm³/mol. The van der Waals surface area contributed by atoms with Crippen molar-refractivity contribution in [1.82, 2.24) is 4.98 Å². The normalized spacial score (nSPS) is 10.4. The maximum atomic E-state index is 5.04. The maximum absolute atomic E-state index is 5.04. The molecule has 2 rings (SSSR count). The third-order valence-electron chi connectivity index (χ3n) is 2.03. The van der Waals surface area contributed by atoms with Crippen LogP contribution in [-0.2, 0) is 0 Å². The molecule has 0 saturated carbocycles. The number of methoxy groups -OCH3 is 1. The van der Waals surface area contributed by atoms with Crippen molar-refractivity contribution in [3.63, 3.8) is 0 Å². The molecule has 0 aliphatic rings. The van der Waals surface area contributed by atoms with Gasteiger partial charge in [-0.05, 0) is 0 Å². The molecule has 2 aromatic rings. The summed E-state index contributed by atoms with van der Waals surface area (Å²) in [6.07, 6.45) is 0. The minimum atomic E-state index is 0.663. The summed E-state index contributed by atoms with van der Waals surface area (Å²) in [6.45, 7) is 0. The molecule has 3 heteroatoms. The van der Waals surface area contributed by atoms with Crippen LogP contribution in [0.25, 0.3) is 10.9 Å².